The summed E-state index contributed by atoms with van der Waals surface area (Å²) >= 11 is 2.02. The number of ketones is 3. The SMILES string of the molecule is COc1cccc2c1C(=O)c1c(O)c3c(c(O)c1C2=O)C[C@@](O)(C(C)=O)C[C@@H]3O[C@H]1C[C@H](NCc2ccc(O)c(I)c2)[C@@H](O)C(C)O1. The van der Waals surface area contributed by atoms with Gasteiger partial charge in [0.2, 0.25) is 5.78 Å². The van der Waals surface area contributed by atoms with Gasteiger partial charge in [0.1, 0.15) is 28.6 Å². The predicted octanol–water partition coefficient (Wildman–Crippen LogP) is 3.17. The number of fused-ring (bicyclic) bond motifs is 3. The molecule has 3 aromatic rings. The number of carbonyl (C=O) groups is 3. The first kappa shape index (κ1) is 33.3. The Morgan fingerprint density at radius 2 is 1.81 bits per heavy atom. The van der Waals surface area contributed by atoms with Gasteiger partial charge in [0.15, 0.2) is 17.9 Å². The number of benzene rings is 3. The van der Waals surface area contributed by atoms with Crippen LogP contribution >= 0.6 is 22.6 Å². The summed E-state index contributed by atoms with van der Waals surface area (Å²) in [4.78, 5) is 40.3. The maximum absolute atomic E-state index is 13.9. The Hall–Kier alpha value is -3.60. The van der Waals surface area contributed by atoms with Crippen LogP contribution in [-0.4, -0.2) is 80.1 Å². The predicted molar refractivity (Wildman–Crippen MR) is 174 cm³/mol. The smallest absolute Gasteiger partial charge is 0.202 e. The van der Waals surface area contributed by atoms with Crippen molar-refractivity contribution in [2.75, 3.05) is 7.11 Å². The highest BCUT2D eigenvalue weighted by molar-refractivity contribution is 14.1. The lowest BCUT2D eigenvalue weighted by Gasteiger charge is -2.43. The van der Waals surface area contributed by atoms with E-state index in [1.165, 1.54) is 32.2 Å². The van der Waals surface area contributed by atoms with E-state index in [1.807, 2.05) is 28.7 Å². The number of phenols is 3. The fraction of sp³-hybridized carbons (Fsp3) is 0.382. The largest absolute Gasteiger partial charge is 0.507 e. The lowest BCUT2D eigenvalue weighted by atomic mass is 9.72. The quantitative estimate of drug-likeness (QED) is 0.119. The Labute approximate surface area is 283 Å². The molecule has 0 amide bonds. The molecule has 13 heteroatoms. The first-order valence-electron chi connectivity index (χ1n) is 15.1. The van der Waals surface area contributed by atoms with Crippen molar-refractivity contribution in [3.8, 4) is 23.0 Å². The summed E-state index contributed by atoms with van der Waals surface area (Å²) in [5.41, 5.74) is -2.26. The van der Waals surface area contributed by atoms with Crippen molar-refractivity contribution in [3.05, 3.63) is 78.9 Å². The van der Waals surface area contributed by atoms with Crippen LogP contribution in [0, 0.1) is 3.57 Å². The van der Waals surface area contributed by atoms with E-state index in [2.05, 4.69) is 5.32 Å². The van der Waals surface area contributed by atoms with Crippen LogP contribution in [0.2, 0.25) is 0 Å². The Bertz CT molecular complexity index is 1810. The highest BCUT2D eigenvalue weighted by atomic mass is 127. The number of carbonyl (C=O) groups excluding carboxylic acids is 3. The van der Waals surface area contributed by atoms with E-state index in [0.29, 0.717) is 10.1 Å². The molecule has 3 aromatic carbocycles. The van der Waals surface area contributed by atoms with Gasteiger partial charge in [0.05, 0.1) is 45.7 Å². The second-order valence-electron chi connectivity index (χ2n) is 12.2. The Morgan fingerprint density at radius 1 is 1.09 bits per heavy atom. The minimum absolute atomic E-state index is 0.0225. The standard InChI is InChI=1S/C34H34INO11/c1-14-29(39)20(36-13-16-7-8-21(38)19(35)9-16)10-24(46-14)47-23-12-34(44,15(2)37)11-18-26(23)33(43)28-27(31(18)41)30(40)17-5-4-6-22(45-3)25(17)32(28)42/h4-9,14,20,23-24,29,36,38-39,41,43-44H,10-13H2,1-3H3/t14?,20-,23-,24-,29-,34-/m0/s1. The molecule has 6 N–H and O–H groups in total. The van der Waals surface area contributed by atoms with E-state index in [-0.39, 0.29) is 46.6 Å². The van der Waals surface area contributed by atoms with Crippen molar-refractivity contribution in [3.63, 3.8) is 0 Å². The van der Waals surface area contributed by atoms with Gasteiger partial charge in [-0.2, -0.15) is 0 Å². The lowest BCUT2D eigenvalue weighted by molar-refractivity contribution is -0.249. The molecule has 0 spiro atoms. The minimum atomic E-state index is -2.04. The van der Waals surface area contributed by atoms with Gasteiger partial charge >= 0.3 is 0 Å². The van der Waals surface area contributed by atoms with Crippen LogP contribution in [0.1, 0.15) is 81.3 Å². The molecule has 6 rings (SSSR count). The summed E-state index contributed by atoms with van der Waals surface area (Å²) < 4.78 is 18.3. The number of nitrogens with one attached hydrogen (secondary N) is 1. The topological polar surface area (TPSA) is 192 Å². The van der Waals surface area contributed by atoms with Crippen molar-refractivity contribution in [2.45, 2.75) is 75.9 Å². The first-order chi connectivity index (χ1) is 22.2. The number of halogens is 1. The normalized spacial score (nSPS) is 26.7. The van der Waals surface area contributed by atoms with E-state index >= 15 is 0 Å². The monoisotopic (exact) mass is 759 g/mol. The van der Waals surface area contributed by atoms with Gasteiger partial charge < -0.3 is 45.1 Å². The first-order valence-corrected chi connectivity index (χ1v) is 16.1. The molecule has 1 unspecified atom stereocenters. The molecule has 47 heavy (non-hydrogen) atoms. The number of ether oxygens (including phenoxy) is 3. The van der Waals surface area contributed by atoms with E-state index in [0.717, 1.165) is 5.56 Å². The summed E-state index contributed by atoms with van der Waals surface area (Å²) in [5.74, 6) is -3.07. The number of rotatable bonds is 7. The van der Waals surface area contributed by atoms with E-state index in [9.17, 15) is 39.9 Å². The maximum Gasteiger partial charge on any atom is 0.202 e. The second kappa shape index (κ2) is 12.5. The van der Waals surface area contributed by atoms with Crippen molar-refractivity contribution in [1.82, 2.24) is 5.32 Å². The van der Waals surface area contributed by atoms with Gasteiger partial charge in [0.25, 0.3) is 0 Å². The van der Waals surface area contributed by atoms with Gasteiger partial charge in [-0.3, -0.25) is 14.4 Å². The Kier molecular flexibility index (Phi) is 8.82. The number of aromatic hydroxyl groups is 3. The molecule has 6 atom stereocenters. The zero-order valence-electron chi connectivity index (χ0n) is 25.7. The molecule has 2 aliphatic carbocycles. The van der Waals surface area contributed by atoms with E-state index < -0.39 is 82.6 Å². The van der Waals surface area contributed by atoms with Crippen LogP contribution < -0.4 is 10.1 Å². The molecule has 3 aliphatic rings. The number of hydrogen-bond acceptors (Lipinski definition) is 12. The van der Waals surface area contributed by atoms with Crippen molar-refractivity contribution >= 4 is 39.9 Å². The number of hydrogen-bond donors (Lipinski definition) is 6. The third-order valence-electron chi connectivity index (χ3n) is 9.33. The van der Waals surface area contributed by atoms with Gasteiger partial charge in [0, 0.05) is 48.5 Å². The molecular weight excluding hydrogens is 725 g/mol. The molecule has 0 bridgehead atoms. The summed E-state index contributed by atoms with van der Waals surface area (Å²) in [5, 5.41) is 58.8. The van der Waals surface area contributed by atoms with Gasteiger partial charge in [-0.25, -0.2) is 0 Å². The van der Waals surface area contributed by atoms with Gasteiger partial charge in [-0.1, -0.05) is 18.2 Å². The Morgan fingerprint density at radius 3 is 2.49 bits per heavy atom. The van der Waals surface area contributed by atoms with Crippen LogP contribution in [0.3, 0.4) is 0 Å². The lowest BCUT2D eigenvalue weighted by Crippen LogP contribution is -2.54. The number of Topliss-reactive ketones (excluding diaryl/α,β-unsaturated/α-hetero) is 1. The molecular formula is C34H34INO11. The zero-order chi connectivity index (χ0) is 33.9. The minimum Gasteiger partial charge on any atom is -0.507 e. The summed E-state index contributed by atoms with van der Waals surface area (Å²) in [6.45, 7) is 3.21. The molecule has 0 radical (unpaired) electrons. The number of phenolic OH excluding ortho intramolecular Hbond substituents is 3. The molecule has 1 aliphatic heterocycles. The zero-order valence-corrected chi connectivity index (χ0v) is 27.9. The maximum atomic E-state index is 13.9. The fourth-order valence-corrected chi connectivity index (χ4v) is 7.32. The van der Waals surface area contributed by atoms with Gasteiger partial charge in [-0.05, 0) is 60.2 Å². The molecule has 1 saturated heterocycles. The van der Waals surface area contributed by atoms with Crippen molar-refractivity contribution < 1.29 is 54.1 Å². The van der Waals surface area contributed by atoms with Crippen molar-refractivity contribution in [1.29, 1.82) is 0 Å². The highest BCUT2D eigenvalue weighted by Gasteiger charge is 2.49. The molecule has 1 heterocycles. The number of aliphatic hydroxyl groups excluding tert-OH is 1. The fourth-order valence-electron chi connectivity index (χ4n) is 6.74. The number of aliphatic hydroxyl groups is 2. The molecule has 1 fully saturated rings. The summed E-state index contributed by atoms with van der Waals surface area (Å²) in [7, 11) is 1.34. The average molecular weight is 760 g/mol. The second-order valence-corrected chi connectivity index (χ2v) is 13.4. The van der Waals surface area contributed by atoms with Gasteiger partial charge in [-0.15, -0.1) is 0 Å². The number of methoxy groups -OCH3 is 1. The Balaban J connectivity index is 1.37. The third kappa shape index (κ3) is 5.68. The summed E-state index contributed by atoms with van der Waals surface area (Å²) in [6.07, 6.45) is -4.59. The van der Waals surface area contributed by atoms with E-state index in [4.69, 9.17) is 14.2 Å². The van der Waals surface area contributed by atoms with Crippen LogP contribution in [-0.2, 0) is 27.2 Å². The average Bonchev–Trinajstić information content (AvgIpc) is 3.03. The molecule has 248 valence electrons. The van der Waals surface area contributed by atoms with Crippen LogP contribution in [0.15, 0.2) is 36.4 Å². The highest BCUT2D eigenvalue weighted by Crippen LogP contribution is 2.52. The van der Waals surface area contributed by atoms with Crippen LogP contribution in [0.25, 0.3) is 0 Å². The van der Waals surface area contributed by atoms with Crippen LogP contribution in [0.4, 0.5) is 0 Å². The third-order valence-corrected chi connectivity index (χ3v) is 10.2. The molecule has 0 aromatic heterocycles. The van der Waals surface area contributed by atoms with Crippen LogP contribution in [0.5, 0.6) is 23.0 Å². The van der Waals surface area contributed by atoms with Crippen molar-refractivity contribution in [2.24, 2.45) is 0 Å². The van der Waals surface area contributed by atoms with E-state index in [1.54, 1.807) is 19.1 Å². The summed E-state index contributed by atoms with van der Waals surface area (Å²) in [6, 6.07) is 9.06. The molecule has 12 nitrogen and oxygen atoms in total. The molecule has 0 saturated carbocycles.